The molecule has 0 unspecified atom stereocenters. The summed E-state index contributed by atoms with van der Waals surface area (Å²) in [5.41, 5.74) is -0.672. The molecule has 0 radical (unpaired) electrons. The Balaban J connectivity index is 1.60. The Bertz CT molecular complexity index is 1360. The van der Waals surface area contributed by atoms with E-state index in [-0.39, 0.29) is 34.3 Å². The molecule has 0 aliphatic heterocycles. The van der Waals surface area contributed by atoms with E-state index in [1.165, 1.54) is 35.2 Å². The van der Waals surface area contributed by atoms with Crippen molar-refractivity contribution in [1.29, 1.82) is 0 Å². The van der Waals surface area contributed by atoms with Crippen LogP contribution in [-0.2, 0) is 17.5 Å². The maximum absolute atomic E-state index is 13.2. The van der Waals surface area contributed by atoms with Gasteiger partial charge in [-0.15, -0.1) is 0 Å². The standard InChI is InChI=1S/C22H16F3N5O2S/c23-22(24,25)15-8-4-5-9-16(15)28-17(31)13-33-21-29-19-18(26-10-11-27-19)20(32)30(21)12-14-6-2-1-3-7-14/h1-11H,12-13H2,(H,28,31). The zero-order valence-electron chi connectivity index (χ0n) is 16.9. The van der Waals surface area contributed by atoms with Gasteiger partial charge in [-0.1, -0.05) is 54.2 Å². The molecule has 2 aromatic heterocycles. The van der Waals surface area contributed by atoms with Crippen LogP contribution in [0.3, 0.4) is 0 Å². The van der Waals surface area contributed by atoms with Gasteiger partial charge in [-0.05, 0) is 17.7 Å². The number of rotatable bonds is 6. The van der Waals surface area contributed by atoms with E-state index in [0.717, 1.165) is 23.4 Å². The molecule has 0 fully saturated rings. The fourth-order valence-electron chi connectivity index (χ4n) is 3.10. The molecule has 0 atom stereocenters. The number of alkyl halides is 3. The van der Waals surface area contributed by atoms with Crippen LogP contribution in [0.2, 0.25) is 0 Å². The molecule has 0 bridgehead atoms. The number of carbonyl (C=O) groups excluding carboxylic acids is 1. The molecule has 0 aliphatic carbocycles. The average molecular weight is 471 g/mol. The molecule has 168 valence electrons. The molecule has 1 amide bonds. The minimum absolute atomic E-state index is 0.0846. The van der Waals surface area contributed by atoms with Gasteiger partial charge >= 0.3 is 6.18 Å². The molecular weight excluding hydrogens is 455 g/mol. The average Bonchev–Trinajstić information content (AvgIpc) is 2.80. The van der Waals surface area contributed by atoms with E-state index in [1.807, 2.05) is 30.3 Å². The van der Waals surface area contributed by atoms with Crippen molar-refractivity contribution in [3.63, 3.8) is 0 Å². The molecule has 0 aliphatic rings. The summed E-state index contributed by atoms with van der Waals surface area (Å²) in [5, 5.41) is 2.49. The fraction of sp³-hybridized carbons (Fsp3) is 0.136. The highest BCUT2D eigenvalue weighted by molar-refractivity contribution is 7.99. The number of carbonyl (C=O) groups is 1. The van der Waals surface area contributed by atoms with Gasteiger partial charge in [0.2, 0.25) is 5.91 Å². The van der Waals surface area contributed by atoms with Crippen molar-refractivity contribution in [2.24, 2.45) is 0 Å². The molecule has 7 nitrogen and oxygen atoms in total. The van der Waals surface area contributed by atoms with Gasteiger partial charge in [0.05, 0.1) is 23.5 Å². The lowest BCUT2D eigenvalue weighted by molar-refractivity contribution is -0.137. The molecular formula is C22H16F3N5O2S. The maximum Gasteiger partial charge on any atom is 0.418 e. The summed E-state index contributed by atoms with van der Waals surface area (Å²) in [6.45, 7) is 0.181. The first kappa shape index (κ1) is 22.5. The lowest BCUT2D eigenvalue weighted by Gasteiger charge is -2.14. The number of amides is 1. The largest absolute Gasteiger partial charge is 0.418 e. The zero-order valence-corrected chi connectivity index (χ0v) is 17.7. The molecule has 2 aromatic carbocycles. The van der Waals surface area contributed by atoms with E-state index in [4.69, 9.17) is 0 Å². The smallest absolute Gasteiger partial charge is 0.325 e. The van der Waals surface area contributed by atoms with Gasteiger partial charge in [-0.2, -0.15) is 13.2 Å². The van der Waals surface area contributed by atoms with Gasteiger partial charge in [-0.3, -0.25) is 14.2 Å². The first-order valence-corrected chi connectivity index (χ1v) is 10.7. The highest BCUT2D eigenvalue weighted by Crippen LogP contribution is 2.34. The van der Waals surface area contributed by atoms with Gasteiger partial charge in [-0.25, -0.2) is 15.0 Å². The molecule has 4 aromatic rings. The van der Waals surface area contributed by atoms with Crippen molar-refractivity contribution in [2.45, 2.75) is 17.9 Å². The van der Waals surface area contributed by atoms with Gasteiger partial charge < -0.3 is 5.32 Å². The number of anilines is 1. The number of thioether (sulfide) groups is 1. The Morgan fingerprint density at radius 3 is 2.45 bits per heavy atom. The van der Waals surface area contributed by atoms with Crippen molar-refractivity contribution < 1.29 is 18.0 Å². The third-order valence-electron chi connectivity index (χ3n) is 4.58. The van der Waals surface area contributed by atoms with E-state index in [9.17, 15) is 22.8 Å². The molecule has 1 N–H and O–H groups in total. The second-order valence-electron chi connectivity index (χ2n) is 6.88. The molecule has 2 heterocycles. The summed E-state index contributed by atoms with van der Waals surface area (Å²) < 4.78 is 40.9. The quantitative estimate of drug-likeness (QED) is 0.338. The number of aromatic nitrogens is 4. The minimum atomic E-state index is -4.61. The van der Waals surface area contributed by atoms with Crippen molar-refractivity contribution in [1.82, 2.24) is 19.5 Å². The summed E-state index contributed by atoms with van der Waals surface area (Å²) in [6.07, 6.45) is -1.83. The Labute approximate surface area is 189 Å². The normalized spacial score (nSPS) is 11.5. The predicted octanol–water partition coefficient (Wildman–Crippen LogP) is 3.98. The Morgan fingerprint density at radius 2 is 1.70 bits per heavy atom. The second kappa shape index (κ2) is 9.41. The number of hydrogen-bond acceptors (Lipinski definition) is 6. The predicted molar refractivity (Wildman–Crippen MR) is 118 cm³/mol. The first-order chi connectivity index (χ1) is 15.8. The molecule has 4 rings (SSSR count). The van der Waals surface area contributed by atoms with Gasteiger partial charge in [0.15, 0.2) is 16.3 Å². The van der Waals surface area contributed by atoms with Gasteiger partial charge in [0.25, 0.3) is 5.56 Å². The summed E-state index contributed by atoms with van der Waals surface area (Å²) in [5.74, 6) is -0.935. The van der Waals surface area contributed by atoms with Crippen LogP contribution in [0, 0.1) is 0 Å². The number of benzene rings is 2. The van der Waals surface area contributed by atoms with Crippen molar-refractivity contribution in [2.75, 3.05) is 11.1 Å². The Hall–Kier alpha value is -3.73. The lowest BCUT2D eigenvalue weighted by Crippen LogP contribution is -2.26. The number of hydrogen-bond donors (Lipinski definition) is 1. The van der Waals surface area contributed by atoms with E-state index in [0.29, 0.717) is 0 Å². The van der Waals surface area contributed by atoms with E-state index >= 15 is 0 Å². The van der Waals surface area contributed by atoms with Crippen LogP contribution in [-0.4, -0.2) is 31.2 Å². The Morgan fingerprint density at radius 1 is 1.00 bits per heavy atom. The van der Waals surface area contributed by atoms with Gasteiger partial charge in [0, 0.05) is 12.4 Å². The summed E-state index contributed by atoms with van der Waals surface area (Å²) in [4.78, 5) is 37.9. The fourth-order valence-corrected chi connectivity index (χ4v) is 3.89. The second-order valence-corrected chi connectivity index (χ2v) is 7.82. The van der Waals surface area contributed by atoms with Gasteiger partial charge in [0.1, 0.15) is 0 Å². The summed E-state index contributed by atoms with van der Waals surface area (Å²) >= 11 is 0.927. The molecule has 11 heteroatoms. The third-order valence-corrected chi connectivity index (χ3v) is 5.56. The maximum atomic E-state index is 13.2. The van der Waals surface area contributed by atoms with Crippen molar-refractivity contribution in [3.05, 3.63) is 88.5 Å². The number of fused-ring (bicyclic) bond motifs is 1. The van der Waals surface area contributed by atoms with E-state index in [2.05, 4.69) is 20.3 Å². The molecule has 0 spiro atoms. The number of para-hydroxylation sites is 1. The molecule has 0 saturated carbocycles. The van der Waals surface area contributed by atoms with Crippen LogP contribution < -0.4 is 10.9 Å². The minimum Gasteiger partial charge on any atom is -0.325 e. The number of nitrogens with zero attached hydrogens (tertiary/aromatic N) is 4. The van der Waals surface area contributed by atoms with Crippen LogP contribution in [0.1, 0.15) is 11.1 Å². The first-order valence-electron chi connectivity index (χ1n) is 9.67. The highest BCUT2D eigenvalue weighted by atomic mass is 32.2. The highest BCUT2D eigenvalue weighted by Gasteiger charge is 2.33. The SMILES string of the molecule is O=C(CSc1nc2nccnc2c(=O)n1Cc1ccccc1)Nc1ccccc1C(F)(F)F. The number of nitrogens with one attached hydrogen (secondary N) is 1. The van der Waals surface area contributed by atoms with Crippen LogP contribution >= 0.6 is 11.8 Å². The monoisotopic (exact) mass is 471 g/mol. The van der Waals surface area contributed by atoms with Crippen LogP contribution in [0.5, 0.6) is 0 Å². The molecule has 33 heavy (non-hydrogen) atoms. The summed E-state index contributed by atoms with van der Waals surface area (Å²) in [6, 6.07) is 13.9. The number of halogens is 3. The van der Waals surface area contributed by atoms with E-state index < -0.39 is 23.2 Å². The zero-order chi connectivity index (χ0) is 23.4. The van der Waals surface area contributed by atoms with Crippen LogP contribution in [0.25, 0.3) is 11.2 Å². The lowest BCUT2D eigenvalue weighted by atomic mass is 10.1. The summed E-state index contributed by atoms with van der Waals surface area (Å²) in [7, 11) is 0. The van der Waals surface area contributed by atoms with Crippen molar-refractivity contribution >= 4 is 34.5 Å². The molecule has 0 saturated heterocycles. The Kier molecular flexibility index (Phi) is 6.40. The third kappa shape index (κ3) is 5.20. The van der Waals surface area contributed by atoms with E-state index in [1.54, 1.807) is 0 Å². The topological polar surface area (TPSA) is 89.8 Å². The van der Waals surface area contributed by atoms with Crippen LogP contribution in [0.15, 0.2) is 76.9 Å². The van der Waals surface area contributed by atoms with Crippen molar-refractivity contribution in [3.8, 4) is 0 Å². The van der Waals surface area contributed by atoms with Crippen LogP contribution in [0.4, 0.5) is 18.9 Å².